The number of thioether (sulfide) groups is 1. The molecule has 0 unspecified atom stereocenters. The van der Waals surface area contributed by atoms with E-state index in [1.165, 1.54) is 28.1 Å². The first-order valence-corrected chi connectivity index (χ1v) is 9.91. The lowest BCUT2D eigenvalue weighted by molar-refractivity contribution is -0.117. The number of anilines is 1. The fourth-order valence-electron chi connectivity index (χ4n) is 3.32. The average Bonchev–Trinajstić information content (AvgIpc) is 3.28. The van der Waals surface area contributed by atoms with Crippen LogP contribution in [0.4, 0.5) is 10.1 Å². The Morgan fingerprint density at radius 1 is 1.21 bits per heavy atom. The molecule has 8 heteroatoms. The summed E-state index contributed by atoms with van der Waals surface area (Å²) < 4.78 is 15.2. The quantitative estimate of drug-likeness (QED) is 0.529. The van der Waals surface area contributed by atoms with E-state index in [1.807, 2.05) is 36.1 Å². The van der Waals surface area contributed by atoms with E-state index in [1.54, 1.807) is 18.2 Å². The zero-order chi connectivity index (χ0) is 19.7. The van der Waals surface area contributed by atoms with E-state index >= 15 is 0 Å². The molecule has 1 aromatic heterocycles. The number of halogens is 1. The molecule has 0 aliphatic carbocycles. The van der Waals surface area contributed by atoms with Crippen molar-refractivity contribution in [2.24, 2.45) is 0 Å². The second-order valence-electron chi connectivity index (χ2n) is 6.67. The van der Waals surface area contributed by atoms with Crippen molar-refractivity contribution < 1.29 is 9.18 Å². The topological polar surface area (TPSA) is 77.0 Å². The standard InChI is InChI=1S/C20H20FN5OS/c1-13(19(27)25-11-10-14-6-3-5-9-17(14)25)28-20-24-23-18(26(20)22)12-15-7-2-4-8-16(15)21/h2-9,13H,10-12,22H2,1H3/t13-/m0/s1. The molecule has 2 heterocycles. The van der Waals surface area contributed by atoms with Gasteiger partial charge in [0.15, 0.2) is 5.82 Å². The molecular weight excluding hydrogens is 377 g/mol. The minimum atomic E-state index is -0.376. The van der Waals surface area contributed by atoms with Gasteiger partial charge in [-0.05, 0) is 36.6 Å². The average molecular weight is 397 g/mol. The van der Waals surface area contributed by atoms with E-state index < -0.39 is 0 Å². The molecule has 6 nitrogen and oxygen atoms in total. The van der Waals surface area contributed by atoms with Gasteiger partial charge in [-0.3, -0.25) is 4.79 Å². The molecule has 0 saturated carbocycles. The monoisotopic (exact) mass is 397 g/mol. The predicted molar refractivity (Wildman–Crippen MR) is 107 cm³/mol. The second kappa shape index (κ2) is 7.63. The minimum Gasteiger partial charge on any atom is -0.336 e. The molecule has 0 bridgehead atoms. The maximum atomic E-state index is 13.9. The molecule has 2 N–H and O–H groups in total. The number of carbonyl (C=O) groups excluding carboxylic acids is 1. The Balaban J connectivity index is 1.47. The van der Waals surface area contributed by atoms with Crippen LogP contribution in [0.2, 0.25) is 0 Å². The van der Waals surface area contributed by atoms with Crippen molar-refractivity contribution in [1.29, 1.82) is 0 Å². The third-order valence-corrected chi connectivity index (χ3v) is 5.87. The van der Waals surface area contributed by atoms with Crippen LogP contribution in [-0.4, -0.2) is 32.6 Å². The Hall–Kier alpha value is -2.87. The summed E-state index contributed by atoms with van der Waals surface area (Å²) in [6, 6.07) is 14.4. The van der Waals surface area contributed by atoms with Crippen LogP contribution in [0.15, 0.2) is 53.7 Å². The fraction of sp³-hybridized carbons (Fsp3) is 0.250. The maximum absolute atomic E-state index is 13.9. The molecule has 28 heavy (non-hydrogen) atoms. The van der Waals surface area contributed by atoms with Crippen molar-refractivity contribution in [1.82, 2.24) is 14.9 Å². The summed E-state index contributed by atoms with van der Waals surface area (Å²) in [5.74, 6) is 6.25. The van der Waals surface area contributed by atoms with Gasteiger partial charge in [0.2, 0.25) is 11.1 Å². The number of benzene rings is 2. The first-order valence-electron chi connectivity index (χ1n) is 9.03. The van der Waals surface area contributed by atoms with Crippen LogP contribution in [0.5, 0.6) is 0 Å². The van der Waals surface area contributed by atoms with E-state index in [9.17, 15) is 9.18 Å². The zero-order valence-corrected chi connectivity index (χ0v) is 16.2. The molecule has 4 rings (SSSR count). The van der Waals surface area contributed by atoms with E-state index in [0.717, 1.165) is 12.1 Å². The number of hydrogen-bond donors (Lipinski definition) is 1. The zero-order valence-electron chi connectivity index (χ0n) is 15.4. The highest BCUT2D eigenvalue weighted by Gasteiger charge is 2.29. The van der Waals surface area contributed by atoms with Gasteiger partial charge in [-0.2, -0.15) is 0 Å². The van der Waals surface area contributed by atoms with Gasteiger partial charge in [0, 0.05) is 18.7 Å². The number of nitrogen functional groups attached to an aromatic ring is 1. The summed E-state index contributed by atoms with van der Waals surface area (Å²) in [6.07, 6.45) is 1.09. The molecule has 1 aliphatic heterocycles. The van der Waals surface area contributed by atoms with E-state index in [2.05, 4.69) is 10.2 Å². The number of rotatable bonds is 5. The molecule has 144 valence electrons. The summed E-state index contributed by atoms with van der Waals surface area (Å²) in [7, 11) is 0. The van der Waals surface area contributed by atoms with Crippen molar-refractivity contribution >= 4 is 23.4 Å². The molecule has 0 fully saturated rings. The Labute approximate surface area is 166 Å². The molecule has 0 saturated heterocycles. The van der Waals surface area contributed by atoms with Gasteiger partial charge in [-0.1, -0.05) is 48.2 Å². The summed E-state index contributed by atoms with van der Waals surface area (Å²) in [5.41, 5.74) is 2.65. The smallest absolute Gasteiger partial charge is 0.240 e. The number of carbonyl (C=O) groups is 1. The van der Waals surface area contributed by atoms with Gasteiger partial charge < -0.3 is 10.7 Å². The first kappa shape index (κ1) is 18.5. The Morgan fingerprint density at radius 2 is 1.96 bits per heavy atom. The van der Waals surface area contributed by atoms with Crippen LogP contribution in [0.25, 0.3) is 0 Å². The second-order valence-corrected chi connectivity index (χ2v) is 7.97. The largest absolute Gasteiger partial charge is 0.336 e. The van der Waals surface area contributed by atoms with E-state index in [4.69, 9.17) is 5.84 Å². The van der Waals surface area contributed by atoms with Crippen LogP contribution in [0.3, 0.4) is 0 Å². The third-order valence-electron chi connectivity index (χ3n) is 4.82. The number of nitrogens with two attached hydrogens (primary N) is 1. The molecule has 1 amide bonds. The normalized spacial score (nSPS) is 14.1. The number of hydrogen-bond acceptors (Lipinski definition) is 5. The number of fused-ring (bicyclic) bond motifs is 1. The van der Waals surface area contributed by atoms with Crippen molar-refractivity contribution in [2.45, 2.75) is 30.2 Å². The summed E-state index contributed by atoms with van der Waals surface area (Å²) >= 11 is 1.25. The lowest BCUT2D eigenvalue weighted by Crippen LogP contribution is -2.35. The Kier molecular flexibility index (Phi) is 5.04. The van der Waals surface area contributed by atoms with Crippen LogP contribution in [0, 0.1) is 5.82 Å². The van der Waals surface area contributed by atoms with Crippen LogP contribution in [-0.2, 0) is 17.6 Å². The van der Waals surface area contributed by atoms with Crippen LogP contribution in [0.1, 0.15) is 23.9 Å². The Bertz CT molecular complexity index is 1020. The molecule has 3 aromatic rings. The molecule has 0 radical (unpaired) electrons. The lowest BCUT2D eigenvalue weighted by atomic mass is 10.1. The highest BCUT2D eigenvalue weighted by molar-refractivity contribution is 8.00. The number of aromatic nitrogens is 3. The lowest BCUT2D eigenvalue weighted by Gasteiger charge is -2.21. The van der Waals surface area contributed by atoms with Gasteiger partial charge >= 0.3 is 0 Å². The van der Waals surface area contributed by atoms with Crippen molar-refractivity contribution in [3.05, 3.63) is 71.3 Å². The van der Waals surface area contributed by atoms with Crippen molar-refractivity contribution in [3.8, 4) is 0 Å². The molecule has 0 spiro atoms. The molecule has 2 aromatic carbocycles. The highest BCUT2D eigenvalue weighted by atomic mass is 32.2. The number of nitrogens with zero attached hydrogens (tertiary/aromatic N) is 4. The molecule has 1 aliphatic rings. The predicted octanol–water partition coefficient (Wildman–Crippen LogP) is 2.79. The van der Waals surface area contributed by atoms with Crippen LogP contribution < -0.4 is 10.7 Å². The van der Waals surface area contributed by atoms with Crippen molar-refractivity contribution in [3.63, 3.8) is 0 Å². The fourth-order valence-corrected chi connectivity index (χ4v) is 4.17. The first-order chi connectivity index (χ1) is 13.5. The van der Waals surface area contributed by atoms with Crippen molar-refractivity contribution in [2.75, 3.05) is 17.3 Å². The van der Waals surface area contributed by atoms with Gasteiger partial charge in [-0.15, -0.1) is 10.2 Å². The Morgan fingerprint density at radius 3 is 2.79 bits per heavy atom. The highest BCUT2D eigenvalue weighted by Crippen LogP contribution is 2.31. The van der Waals surface area contributed by atoms with Gasteiger partial charge in [0.05, 0.1) is 5.25 Å². The van der Waals surface area contributed by atoms with E-state index in [0.29, 0.717) is 23.1 Å². The van der Waals surface area contributed by atoms with Gasteiger partial charge in [0.25, 0.3) is 0 Å². The minimum absolute atomic E-state index is 0.00797. The summed E-state index contributed by atoms with van der Waals surface area (Å²) in [4.78, 5) is 14.7. The van der Waals surface area contributed by atoms with Crippen LogP contribution >= 0.6 is 11.8 Å². The molecular formula is C20H20FN5OS. The van der Waals surface area contributed by atoms with Gasteiger partial charge in [0.1, 0.15) is 5.82 Å². The molecule has 1 atom stereocenters. The van der Waals surface area contributed by atoms with Gasteiger partial charge in [-0.25, -0.2) is 9.07 Å². The third kappa shape index (κ3) is 3.47. The van der Waals surface area contributed by atoms with E-state index in [-0.39, 0.29) is 23.4 Å². The maximum Gasteiger partial charge on any atom is 0.240 e. The number of amides is 1. The summed E-state index contributed by atoms with van der Waals surface area (Å²) in [6.45, 7) is 2.51. The number of para-hydroxylation sites is 1. The SMILES string of the molecule is C[C@H](Sc1nnc(Cc2ccccc2F)n1N)C(=O)N1CCc2ccccc21. The summed E-state index contributed by atoms with van der Waals surface area (Å²) in [5, 5.41) is 8.22.